The first-order chi connectivity index (χ1) is 11.5. The first kappa shape index (κ1) is 18.2. The van der Waals surface area contributed by atoms with E-state index in [1.165, 1.54) is 5.56 Å². The van der Waals surface area contributed by atoms with Gasteiger partial charge in [0.15, 0.2) is 0 Å². The van der Waals surface area contributed by atoms with Crippen molar-refractivity contribution in [2.75, 3.05) is 46.4 Å². The number of benzene rings is 1. The molecule has 1 saturated heterocycles. The number of amides is 2. The van der Waals surface area contributed by atoms with Crippen molar-refractivity contribution in [3.63, 3.8) is 0 Å². The van der Waals surface area contributed by atoms with Crippen LogP contribution in [0.5, 0.6) is 5.75 Å². The highest BCUT2D eigenvalue weighted by Crippen LogP contribution is 2.24. The number of carbonyl (C=O) groups excluding carboxylic acids is 2. The number of rotatable bonds is 6. The SMILES string of the molecule is COc1cccc(C(C)N2CCN(C(=O)CNC(=O)CN)CC2)c1. The van der Waals surface area contributed by atoms with Gasteiger partial charge in [0.05, 0.1) is 20.2 Å². The Balaban J connectivity index is 1.85. The van der Waals surface area contributed by atoms with Crippen LogP contribution in [-0.4, -0.2) is 68.0 Å². The summed E-state index contributed by atoms with van der Waals surface area (Å²) in [5.41, 5.74) is 6.41. The number of hydrogen-bond acceptors (Lipinski definition) is 5. The molecule has 0 saturated carbocycles. The molecule has 1 heterocycles. The molecule has 7 heteroatoms. The second kappa shape index (κ2) is 8.65. The van der Waals surface area contributed by atoms with E-state index >= 15 is 0 Å². The van der Waals surface area contributed by atoms with Crippen LogP contribution in [0.2, 0.25) is 0 Å². The van der Waals surface area contributed by atoms with E-state index in [1.807, 2.05) is 18.2 Å². The van der Waals surface area contributed by atoms with Crippen molar-refractivity contribution < 1.29 is 14.3 Å². The zero-order valence-electron chi connectivity index (χ0n) is 14.3. The van der Waals surface area contributed by atoms with Crippen molar-refractivity contribution in [2.24, 2.45) is 5.73 Å². The zero-order valence-corrected chi connectivity index (χ0v) is 14.3. The van der Waals surface area contributed by atoms with E-state index in [0.29, 0.717) is 13.1 Å². The van der Waals surface area contributed by atoms with Crippen LogP contribution in [0.1, 0.15) is 18.5 Å². The first-order valence-corrected chi connectivity index (χ1v) is 8.17. The van der Waals surface area contributed by atoms with Crippen LogP contribution in [0.15, 0.2) is 24.3 Å². The Kier molecular flexibility index (Phi) is 6.57. The Labute approximate surface area is 142 Å². The summed E-state index contributed by atoms with van der Waals surface area (Å²) in [6.45, 7) is 5.00. The Bertz CT molecular complexity index is 571. The van der Waals surface area contributed by atoms with E-state index in [0.717, 1.165) is 18.8 Å². The number of hydrogen-bond donors (Lipinski definition) is 2. The predicted octanol–water partition coefficient (Wildman–Crippen LogP) is -0.0247. The Morgan fingerprint density at radius 2 is 2.00 bits per heavy atom. The van der Waals surface area contributed by atoms with Crippen molar-refractivity contribution in [1.82, 2.24) is 15.1 Å². The van der Waals surface area contributed by atoms with Crippen molar-refractivity contribution in [3.05, 3.63) is 29.8 Å². The third kappa shape index (κ3) is 4.69. The minimum atomic E-state index is -0.311. The Morgan fingerprint density at radius 3 is 2.62 bits per heavy atom. The summed E-state index contributed by atoms with van der Waals surface area (Å²) in [6.07, 6.45) is 0. The van der Waals surface area contributed by atoms with Gasteiger partial charge in [-0.2, -0.15) is 0 Å². The molecule has 1 aliphatic rings. The maximum atomic E-state index is 12.1. The molecule has 0 aromatic heterocycles. The predicted molar refractivity (Wildman–Crippen MR) is 91.6 cm³/mol. The maximum absolute atomic E-state index is 12.1. The summed E-state index contributed by atoms with van der Waals surface area (Å²) in [6, 6.07) is 8.32. The quantitative estimate of drug-likeness (QED) is 0.763. The highest BCUT2D eigenvalue weighted by molar-refractivity contribution is 5.85. The van der Waals surface area contributed by atoms with Crippen molar-refractivity contribution in [2.45, 2.75) is 13.0 Å². The summed E-state index contributed by atoms with van der Waals surface area (Å²) in [5, 5.41) is 2.52. The van der Waals surface area contributed by atoms with Crippen LogP contribution in [0.25, 0.3) is 0 Å². The van der Waals surface area contributed by atoms with Crippen molar-refractivity contribution in [3.8, 4) is 5.75 Å². The zero-order chi connectivity index (χ0) is 17.5. The lowest BCUT2D eigenvalue weighted by molar-refractivity contribution is -0.134. The van der Waals surface area contributed by atoms with Gasteiger partial charge in [0, 0.05) is 32.2 Å². The number of piperazine rings is 1. The van der Waals surface area contributed by atoms with Gasteiger partial charge in [-0.1, -0.05) is 12.1 Å². The summed E-state index contributed by atoms with van der Waals surface area (Å²) >= 11 is 0. The fourth-order valence-corrected chi connectivity index (χ4v) is 2.83. The minimum absolute atomic E-state index is 0.0153. The molecule has 7 nitrogen and oxygen atoms in total. The van der Waals surface area contributed by atoms with Gasteiger partial charge in [-0.15, -0.1) is 0 Å². The van der Waals surface area contributed by atoms with Gasteiger partial charge < -0.3 is 20.7 Å². The van der Waals surface area contributed by atoms with Crippen LogP contribution >= 0.6 is 0 Å². The van der Waals surface area contributed by atoms with E-state index in [-0.39, 0.29) is 30.9 Å². The van der Waals surface area contributed by atoms with Gasteiger partial charge in [-0.05, 0) is 24.6 Å². The standard InChI is InChI=1S/C17H26N4O3/c1-13(14-4-3-5-15(10-14)24-2)20-6-8-21(9-7-20)17(23)12-19-16(22)11-18/h3-5,10,13H,6-9,11-12,18H2,1-2H3,(H,19,22). The molecule has 1 aromatic carbocycles. The average molecular weight is 334 g/mol. The van der Waals surface area contributed by atoms with Gasteiger partial charge in [-0.3, -0.25) is 14.5 Å². The van der Waals surface area contributed by atoms with Gasteiger partial charge >= 0.3 is 0 Å². The molecule has 2 rings (SSSR count). The third-order valence-electron chi connectivity index (χ3n) is 4.41. The molecule has 132 valence electrons. The Morgan fingerprint density at radius 1 is 1.29 bits per heavy atom. The van der Waals surface area contributed by atoms with Crippen molar-refractivity contribution >= 4 is 11.8 Å². The lowest BCUT2D eigenvalue weighted by atomic mass is 10.1. The number of nitrogens with two attached hydrogens (primary N) is 1. The molecule has 1 atom stereocenters. The summed E-state index contributed by atoms with van der Waals surface area (Å²) in [7, 11) is 1.66. The van der Waals surface area contributed by atoms with Crippen LogP contribution in [-0.2, 0) is 9.59 Å². The first-order valence-electron chi connectivity index (χ1n) is 8.17. The van der Waals surface area contributed by atoms with E-state index in [2.05, 4.69) is 23.2 Å². The van der Waals surface area contributed by atoms with Gasteiger partial charge in [0.1, 0.15) is 5.75 Å². The molecule has 1 aliphatic heterocycles. The van der Waals surface area contributed by atoms with Gasteiger partial charge in [-0.25, -0.2) is 0 Å². The van der Waals surface area contributed by atoms with Gasteiger partial charge in [0.25, 0.3) is 0 Å². The molecule has 24 heavy (non-hydrogen) atoms. The molecule has 2 amide bonds. The molecular weight excluding hydrogens is 308 g/mol. The molecule has 1 aromatic rings. The molecule has 0 bridgehead atoms. The summed E-state index contributed by atoms with van der Waals surface area (Å²) < 4.78 is 5.28. The van der Waals surface area contributed by atoms with Crippen LogP contribution < -0.4 is 15.8 Å². The highest BCUT2D eigenvalue weighted by Gasteiger charge is 2.24. The molecule has 3 N–H and O–H groups in total. The van der Waals surface area contributed by atoms with E-state index < -0.39 is 0 Å². The number of ether oxygens (including phenoxy) is 1. The van der Waals surface area contributed by atoms with Crippen molar-refractivity contribution in [1.29, 1.82) is 0 Å². The average Bonchev–Trinajstić information content (AvgIpc) is 2.65. The number of nitrogens with one attached hydrogen (secondary N) is 1. The highest BCUT2D eigenvalue weighted by atomic mass is 16.5. The number of carbonyl (C=O) groups is 2. The molecular formula is C17H26N4O3. The van der Waals surface area contributed by atoms with Gasteiger partial charge in [0.2, 0.25) is 11.8 Å². The number of nitrogens with zero attached hydrogens (tertiary/aromatic N) is 2. The summed E-state index contributed by atoms with van der Waals surface area (Å²) in [5.74, 6) is 0.475. The third-order valence-corrected chi connectivity index (χ3v) is 4.41. The molecule has 1 unspecified atom stereocenters. The fourth-order valence-electron chi connectivity index (χ4n) is 2.83. The largest absolute Gasteiger partial charge is 0.497 e. The summed E-state index contributed by atoms with van der Waals surface area (Å²) in [4.78, 5) is 27.3. The smallest absolute Gasteiger partial charge is 0.242 e. The maximum Gasteiger partial charge on any atom is 0.242 e. The van der Waals surface area contributed by atoms with E-state index in [1.54, 1.807) is 12.0 Å². The van der Waals surface area contributed by atoms with Crippen LogP contribution in [0, 0.1) is 0 Å². The minimum Gasteiger partial charge on any atom is -0.497 e. The Hall–Kier alpha value is -2.12. The van der Waals surface area contributed by atoms with E-state index in [9.17, 15) is 9.59 Å². The lowest BCUT2D eigenvalue weighted by Crippen LogP contribution is -2.51. The topological polar surface area (TPSA) is 87.9 Å². The lowest BCUT2D eigenvalue weighted by Gasteiger charge is -2.38. The van der Waals surface area contributed by atoms with Crippen LogP contribution in [0.3, 0.4) is 0 Å². The second-order valence-electron chi connectivity index (χ2n) is 5.85. The van der Waals surface area contributed by atoms with E-state index in [4.69, 9.17) is 10.5 Å². The molecule has 0 aliphatic carbocycles. The molecule has 1 fully saturated rings. The fraction of sp³-hybridized carbons (Fsp3) is 0.529. The monoisotopic (exact) mass is 334 g/mol. The second-order valence-corrected chi connectivity index (χ2v) is 5.85. The normalized spacial score (nSPS) is 16.5. The number of methoxy groups -OCH3 is 1. The van der Waals surface area contributed by atoms with Crippen LogP contribution in [0.4, 0.5) is 0 Å². The molecule has 0 radical (unpaired) electrons. The molecule has 0 spiro atoms.